The van der Waals surface area contributed by atoms with Gasteiger partial charge in [0.05, 0.1) is 10.8 Å². The second-order valence-corrected chi connectivity index (χ2v) is 5.16. The number of hydrogen-bond donors (Lipinski definition) is 2. The van der Waals surface area contributed by atoms with Crippen LogP contribution in [0.5, 0.6) is 0 Å². The fourth-order valence-electron chi connectivity index (χ4n) is 2.64. The standard InChI is InChI=1S/C14H19N3O3/c15-12-7-3-2-6-11(12)14(18)16-9-10-5-1-4-8-13(10)17(19)20/h1,4-5,8,11-12H,2-3,6-7,9,15H2,(H,16,18). The van der Waals surface area contributed by atoms with Gasteiger partial charge in [-0.3, -0.25) is 14.9 Å². The number of nitrogens with one attached hydrogen (secondary N) is 1. The molecule has 0 radical (unpaired) electrons. The highest BCUT2D eigenvalue weighted by Crippen LogP contribution is 2.23. The van der Waals surface area contributed by atoms with Crippen LogP contribution in [0.15, 0.2) is 24.3 Å². The van der Waals surface area contributed by atoms with Gasteiger partial charge in [0.1, 0.15) is 0 Å². The third kappa shape index (κ3) is 3.33. The molecule has 108 valence electrons. The van der Waals surface area contributed by atoms with Gasteiger partial charge in [-0.1, -0.05) is 31.0 Å². The molecule has 0 saturated heterocycles. The predicted octanol–water partition coefficient (Wildman–Crippen LogP) is 1.73. The first kappa shape index (κ1) is 14.5. The van der Waals surface area contributed by atoms with Crippen LogP contribution in [0.1, 0.15) is 31.2 Å². The maximum Gasteiger partial charge on any atom is 0.274 e. The van der Waals surface area contributed by atoms with E-state index in [0.717, 1.165) is 25.7 Å². The van der Waals surface area contributed by atoms with Crippen molar-refractivity contribution in [3.05, 3.63) is 39.9 Å². The topological polar surface area (TPSA) is 98.3 Å². The van der Waals surface area contributed by atoms with Crippen molar-refractivity contribution in [1.29, 1.82) is 0 Å². The van der Waals surface area contributed by atoms with E-state index in [1.165, 1.54) is 6.07 Å². The lowest BCUT2D eigenvalue weighted by Gasteiger charge is -2.27. The van der Waals surface area contributed by atoms with E-state index in [1.807, 2.05) is 0 Å². The molecule has 6 nitrogen and oxygen atoms in total. The quantitative estimate of drug-likeness (QED) is 0.646. The molecule has 1 amide bonds. The van der Waals surface area contributed by atoms with E-state index < -0.39 is 4.92 Å². The van der Waals surface area contributed by atoms with Crippen molar-refractivity contribution in [2.45, 2.75) is 38.3 Å². The van der Waals surface area contributed by atoms with E-state index in [-0.39, 0.29) is 30.1 Å². The number of nitrogens with zero attached hydrogens (tertiary/aromatic N) is 1. The number of para-hydroxylation sites is 1. The Morgan fingerprint density at radius 3 is 2.75 bits per heavy atom. The van der Waals surface area contributed by atoms with Gasteiger partial charge in [-0.05, 0) is 12.8 Å². The number of rotatable bonds is 4. The molecule has 1 aromatic rings. The minimum absolute atomic E-state index is 0.0285. The minimum atomic E-state index is -0.437. The van der Waals surface area contributed by atoms with Crippen LogP contribution in [0.2, 0.25) is 0 Å². The van der Waals surface area contributed by atoms with Gasteiger partial charge in [-0.25, -0.2) is 0 Å². The first-order valence-corrected chi connectivity index (χ1v) is 6.85. The van der Waals surface area contributed by atoms with Gasteiger partial charge in [0.15, 0.2) is 0 Å². The number of benzene rings is 1. The first-order chi connectivity index (χ1) is 9.59. The predicted molar refractivity (Wildman–Crippen MR) is 74.9 cm³/mol. The molecular formula is C14H19N3O3. The summed E-state index contributed by atoms with van der Waals surface area (Å²) in [5, 5.41) is 13.7. The van der Waals surface area contributed by atoms with Crippen molar-refractivity contribution in [2.75, 3.05) is 0 Å². The van der Waals surface area contributed by atoms with Crippen molar-refractivity contribution < 1.29 is 9.72 Å². The van der Waals surface area contributed by atoms with Crippen LogP contribution >= 0.6 is 0 Å². The molecular weight excluding hydrogens is 258 g/mol. The van der Waals surface area contributed by atoms with Crippen LogP contribution < -0.4 is 11.1 Å². The lowest BCUT2D eigenvalue weighted by molar-refractivity contribution is -0.385. The molecule has 0 heterocycles. The molecule has 3 N–H and O–H groups in total. The van der Waals surface area contributed by atoms with Gasteiger partial charge in [-0.15, -0.1) is 0 Å². The number of amides is 1. The fraction of sp³-hybridized carbons (Fsp3) is 0.500. The van der Waals surface area contributed by atoms with E-state index >= 15 is 0 Å². The summed E-state index contributed by atoms with van der Waals surface area (Å²) in [6.07, 6.45) is 3.74. The minimum Gasteiger partial charge on any atom is -0.351 e. The molecule has 1 aromatic carbocycles. The van der Waals surface area contributed by atoms with Crippen LogP contribution in [-0.2, 0) is 11.3 Å². The number of hydrogen-bond acceptors (Lipinski definition) is 4. The molecule has 1 fully saturated rings. The van der Waals surface area contributed by atoms with Crippen molar-refractivity contribution >= 4 is 11.6 Å². The van der Waals surface area contributed by atoms with Crippen LogP contribution in [0.3, 0.4) is 0 Å². The normalized spacial score (nSPS) is 22.2. The van der Waals surface area contributed by atoms with E-state index in [4.69, 9.17) is 5.73 Å². The zero-order valence-corrected chi connectivity index (χ0v) is 11.2. The Morgan fingerprint density at radius 1 is 1.35 bits per heavy atom. The third-order valence-corrected chi connectivity index (χ3v) is 3.80. The van der Waals surface area contributed by atoms with E-state index in [2.05, 4.69) is 5.32 Å². The second-order valence-electron chi connectivity index (χ2n) is 5.16. The van der Waals surface area contributed by atoms with E-state index in [0.29, 0.717) is 5.56 Å². The van der Waals surface area contributed by atoms with Crippen LogP contribution in [0.25, 0.3) is 0 Å². The number of carbonyl (C=O) groups is 1. The Balaban J connectivity index is 1.98. The molecule has 0 aromatic heterocycles. The molecule has 0 aliphatic heterocycles. The summed E-state index contributed by atoms with van der Waals surface area (Å²) < 4.78 is 0. The number of nitro benzene ring substituents is 1. The van der Waals surface area contributed by atoms with E-state index in [1.54, 1.807) is 18.2 Å². The van der Waals surface area contributed by atoms with E-state index in [9.17, 15) is 14.9 Å². The molecule has 20 heavy (non-hydrogen) atoms. The molecule has 1 saturated carbocycles. The van der Waals surface area contributed by atoms with Gasteiger partial charge in [-0.2, -0.15) is 0 Å². The second kappa shape index (κ2) is 6.47. The lowest BCUT2D eigenvalue weighted by Crippen LogP contribution is -2.43. The molecule has 0 spiro atoms. The van der Waals surface area contributed by atoms with Gasteiger partial charge >= 0.3 is 0 Å². The Morgan fingerprint density at radius 2 is 2.05 bits per heavy atom. The molecule has 0 bridgehead atoms. The summed E-state index contributed by atoms with van der Waals surface area (Å²) in [4.78, 5) is 22.6. The van der Waals surface area contributed by atoms with Crippen LogP contribution in [-0.4, -0.2) is 16.9 Å². The zero-order chi connectivity index (χ0) is 14.5. The largest absolute Gasteiger partial charge is 0.351 e. The van der Waals surface area contributed by atoms with Crippen molar-refractivity contribution in [3.63, 3.8) is 0 Å². The van der Waals surface area contributed by atoms with Crippen molar-refractivity contribution in [3.8, 4) is 0 Å². The van der Waals surface area contributed by atoms with Gasteiger partial charge in [0, 0.05) is 24.2 Å². The molecule has 2 atom stereocenters. The molecule has 1 aliphatic carbocycles. The van der Waals surface area contributed by atoms with Crippen molar-refractivity contribution in [2.24, 2.45) is 11.7 Å². The van der Waals surface area contributed by atoms with Gasteiger partial charge < -0.3 is 11.1 Å². The molecule has 6 heteroatoms. The summed E-state index contributed by atoms with van der Waals surface area (Å²) in [5.74, 6) is -0.276. The Labute approximate surface area is 117 Å². The number of nitro groups is 1. The Bertz CT molecular complexity index is 504. The van der Waals surface area contributed by atoms with Gasteiger partial charge in [0.2, 0.25) is 5.91 Å². The maximum atomic E-state index is 12.1. The Kier molecular flexibility index (Phi) is 4.68. The summed E-state index contributed by atoms with van der Waals surface area (Å²) in [7, 11) is 0. The van der Waals surface area contributed by atoms with Crippen LogP contribution in [0, 0.1) is 16.0 Å². The highest BCUT2D eigenvalue weighted by atomic mass is 16.6. The van der Waals surface area contributed by atoms with Gasteiger partial charge in [0.25, 0.3) is 5.69 Å². The van der Waals surface area contributed by atoms with Crippen molar-refractivity contribution in [1.82, 2.24) is 5.32 Å². The monoisotopic (exact) mass is 277 g/mol. The SMILES string of the molecule is NC1CCCCC1C(=O)NCc1ccccc1[N+](=O)[O-]. The average molecular weight is 277 g/mol. The highest BCUT2D eigenvalue weighted by Gasteiger charge is 2.28. The third-order valence-electron chi connectivity index (χ3n) is 3.80. The first-order valence-electron chi connectivity index (χ1n) is 6.85. The number of carbonyl (C=O) groups excluding carboxylic acids is 1. The highest BCUT2D eigenvalue weighted by molar-refractivity contribution is 5.79. The zero-order valence-electron chi connectivity index (χ0n) is 11.2. The fourth-order valence-corrected chi connectivity index (χ4v) is 2.64. The lowest BCUT2D eigenvalue weighted by atomic mass is 9.84. The summed E-state index contributed by atoms with van der Waals surface area (Å²) >= 11 is 0. The Hall–Kier alpha value is -1.95. The molecule has 2 rings (SSSR count). The smallest absolute Gasteiger partial charge is 0.274 e. The molecule has 2 unspecified atom stereocenters. The summed E-state index contributed by atoms with van der Waals surface area (Å²) in [5.41, 5.74) is 6.50. The summed E-state index contributed by atoms with van der Waals surface area (Å²) in [6, 6.07) is 6.32. The number of nitrogens with two attached hydrogens (primary N) is 1. The summed E-state index contributed by atoms with van der Waals surface area (Å²) in [6.45, 7) is 0.166. The van der Waals surface area contributed by atoms with Crippen LogP contribution in [0.4, 0.5) is 5.69 Å². The average Bonchev–Trinajstić information content (AvgIpc) is 2.45. The maximum absolute atomic E-state index is 12.1. The molecule has 1 aliphatic rings.